The Labute approximate surface area is 325 Å². The van der Waals surface area contributed by atoms with Gasteiger partial charge in [-0.25, -0.2) is 0 Å². The highest BCUT2D eigenvalue weighted by Gasteiger charge is 2.21. The summed E-state index contributed by atoms with van der Waals surface area (Å²) in [6.07, 6.45) is 0. The number of hydrogen-bond donors (Lipinski definition) is 0. The summed E-state index contributed by atoms with van der Waals surface area (Å²) in [6.45, 7) is 0. The Morgan fingerprint density at radius 2 is 0.839 bits per heavy atom. The molecular formula is C55H36O. The van der Waals surface area contributed by atoms with Gasteiger partial charge in [0.05, 0.1) is 0 Å². The summed E-state index contributed by atoms with van der Waals surface area (Å²) in [5.41, 5.74) is 12.7. The summed E-state index contributed by atoms with van der Waals surface area (Å²) in [5.74, 6) is 0.0355. The van der Waals surface area contributed by atoms with E-state index in [0.29, 0.717) is 0 Å². The lowest BCUT2D eigenvalue weighted by atomic mass is 9.82. The minimum absolute atomic E-state index is 0.0355. The molecule has 1 unspecified atom stereocenters. The van der Waals surface area contributed by atoms with Crippen LogP contribution in [0.4, 0.5) is 0 Å². The van der Waals surface area contributed by atoms with Crippen LogP contribution in [0, 0.1) is 0 Å². The first-order chi connectivity index (χ1) is 27.8. The Kier molecular flexibility index (Phi) is 7.64. The quantitative estimate of drug-likeness (QED) is 0.124. The van der Waals surface area contributed by atoms with Crippen LogP contribution >= 0.6 is 0 Å². The molecule has 0 aliphatic rings. The van der Waals surface area contributed by atoms with Gasteiger partial charge in [0.2, 0.25) is 0 Å². The van der Waals surface area contributed by atoms with Crippen LogP contribution in [0.25, 0.3) is 87.6 Å². The van der Waals surface area contributed by atoms with Crippen LogP contribution in [0.5, 0.6) is 0 Å². The molecule has 262 valence electrons. The van der Waals surface area contributed by atoms with Gasteiger partial charge in [-0.3, -0.25) is 0 Å². The Bertz CT molecular complexity index is 3230. The van der Waals surface area contributed by atoms with Crippen molar-refractivity contribution in [1.29, 1.82) is 0 Å². The monoisotopic (exact) mass is 712 g/mol. The fraction of sp³-hybridized carbons (Fsp3) is 0.0182. The SMILES string of the molecule is c1ccc(-c2cccc(C(c3ccc(-c4cccc5c4oc4c6ccccc6c(-c6ccccc6)cc54)cc3)c3ccc4c(ccc5ccccc54)c3)c2)cc1. The zero-order chi connectivity index (χ0) is 37.0. The van der Waals surface area contributed by atoms with Crippen LogP contribution < -0.4 is 0 Å². The van der Waals surface area contributed by atoms with Gasteiger partial charge in [-0.2, -0.15) is 0 Å². The van der Waals surface area contributed by atoms with Crippen molar-refractivity contribution in [1.82, 2.24) is 0 Å². The lowest BCUT2D eigenvalue weighted by molar-refractivity contribution is 0.674. The van der Waals surface area contributed by atoms with Crippen LogP contribution in [-0.2, 0) is 0 Å². The minimum atomic E-state index is 0.0355. The van der Waals surface area contributed by atoms with Crippen LogP contribution in [-0.4, -0.2) is 0 Å². The van der Waals surface area contributed by atoms with Crippen molar-refractivity contribution in [2.45, 2.75) is 5.92 Å². The summed E-state index contributed by atoms with van der Waals surface area (Å²) in [5, 5.41) is 9.67. The summed E-state index contributed by atoms with van der Waals surface area (Å²) in [4.78, 5) is 0. The zero-order valence-corrected chi connectivity index (χ0v) is 30.7. The molecule has 1 atom stereocenters. The number of benzene rings is 10. The van der Waals surface area contributed by atoms with Crippen LogP contribution in [0.15, 0.2) is 217 Å². The molecule has 1 aromatic heterocycles. The number of hydrogen-bond acceptors (Lipinski definition) is 1. The summed E-state index contributed by atoms with van der Waals surface area (Å²) < 4.78 is 6.89. The zero-order valence-electron chi connectivity index (χ0n) is 30.7. The Balaban J connectivity index is 1.05. The van der Waals surface area contributed by atoms with Gasteiger partial charge >= 0.3 is 0 Å². The molecule has 56 heavy (non-hydrogen) atoms. The first-order valence-corrected chi connectivity index (χ1v) is 19.4. The number of para-hydroxylation sites is 1. The van der Waals surface area contributed by atoms with Crippen molar-refractivity contribution in [3.63, 3.8) is 0 Å². The molecule has 0 saturated heterocycles. The van der Waals surface area contributed by atoms with E-state index in [1.165, 1.54) is 65.9 Å². The predicted octanol–water partition coefficient (Wildman–Crippen LogP) is 15.2. The lowest BCUT2D eigenvalue weighted by Crippen LogP contribution is -2.04. The lowest BCUT2D eigenvalue weighted by Gasteiger charge is -2.21. The van der Waals surface area contributed by atoms with E-state index in [-0.39, 0.29) is 5.92 Å². The minimum Gasteiger partial charge on any atom is -0.455 e. The highest BCUT2D eigenvalue weighted by Crippen LogP contribution is 2.43. The van der Waals surface area contributed by atoms with Gasteiger partial charge in [0.15, 0.2) is 0 Å². The van der Waals surface area contributed by atoms with E-state index in [2.05, 4.69) is 212 Å². The van der Waals surface area contributed by atoms with E-state index in [9.17, 15) is 0 Å². The molecule has 0 radical (unpaired) electrons. The molecule has 0 bridgehead atoms. The van der Waals surface area contributed by atoms with Gasteiger partial charge < -0.3 is 4.42 Å². The Morgan fingerprint density at radius 3 is 1.66 bits per heavy atom. The van der Waals surface area contributed by atoms with E-state index in [1.807, 2.05) is 0 Å². The van der Waals surface area contributed by atoms with Gasteiger partial charge in [0, 0.05) is 27.6 Å². The summed E-state index contributed by atoms with van der Waals surface area (Å²) in [7, 11) is 0. The van der Waals surface area contributed by atoms with Crippen molar-refractivity contribution in [2.75, 3.05) is 0 Å². The average molecular weight is 713 g/mol. The molecule has 0 fully saturated rings. The van der Waals surface area contributed by atoms with Gasteiger partial charge in [0.1, 0.15) is 11.2 Å². The average Bonchev–Trinajstić information content (AvgIpc) is 3.66. The van der Waals surface area contributed by atoms with E-state index in [1.54, 1.807) is 0 Å². The molecule has 0 aliphatic carbocycles. The largest absolute Gasteiger partial charge is 0.455 e. The van der Waals surface area contributed by atoms with E-state index >= 15 is 0 Å². The fourth-order valence-electron chi connectivity index (χ4n) is 8.88. The maximum absolute atomic E-state index is 6.89. The fourth-order valence-corrected chi connectivity index (χ4v) is 8.88. The maximum atomic E-state index is 6.89. The third-order valence-electron chi connectivity index (χ3n) is 11.6. The third kappa shape index (κ3) is 5.40. The molecular weight excluding hydrogens is 677 g/mol. The number of rotatable bonds is 6. The van der Waals surface area contributed by atoms with Crippen molar-refractivity contribution >= 4 is 54.3 Å². The molecule has 1 heteroatoms. The first-order valence-electron chi connectivity index (χ1n) is 19.4. The van der Waals surface area contributed by atoms with Crippen molar-refractivity contribution in [3.8, 4) is 33.4 Å². The van der Waals surface area contributed by atoms with Crippen molar-refractivity contribution < 1.29 is 4.42 Å². The van der Waals surface area contributed by atoms with Gasteiger partial charge in [-0.05, 0) is 77.5 Å². The molecule has 11 aromatic rings. The predicted molar refractivity (Wildman–Crippen MR) is 236 cm³/mol. The van der Waals surface area contributed by atoms with Gasteiger partial charge in [-0.15, -0.1) is 0 Å². The molecule has 0 saturated carbocycles. The standard InChI is InChI=1S/C55H36O/c1-3-13-36(14-4-1)41-18-11-19-43(33-41)53(44-31-32-46-42(34-44)30-27-38-17-7-8-20-45(38)46)40-28-25-39(26-29-40)47-23-12-24-50-52-35-51(37-15-5-2-6-16-37)48-21-9-10-22-49(48)55(52)56-54(47)50/h1-35,53H. The summed E-state index contributed by atoms with van der Waals surface area (Å²) >= 11 is 0. The second kappa shape index (κ2) is 13.3. The smallest absolute Gasteiger partial charge is 0.143 e. The highest BCUT2D eigenvalue weighted by molar-refractivity contribution is 6.20. The van der Waals surface area contributed by atoms with Crippen molar-refractivity contribution in [2.24, 2.45) is 0 Å². The molecule has 0 spiro atoms. The molecule has 1 nitrogen and oxygen atoms in total. The highest BCUT2D eigenvalue weighted by atomic mass is 16.3. The second-order valence-electron chi connectivity index (χ2n) is 14.8. The number of fused-ring (bicyclic) bond motifs is 8. The first kappa shape index (κ1) is 32.2. The van der Waals surface area contributed by atoms with E-state index in [4.69, 9.17) is 4.42 Å². The molecule has 11 rings (SSSR count). The Morgan fingerprint density at radius 1 is 0.268 bits per heavy atom. The maximum Gasteiger partial charge on any atom is 0.143 e. The molecule has 1 heterocycles. The van der Waals surface area contributed by atoms with Gasteiger partial charge in [0.25, 0.3) is 0 Å². The van der Waals surface area contributed by atoms with Crippen LogP contribution in [0.1, 0.15) is 22.6 Å². The van der Waals surface area contributed by atoms with E-state index in [0.717, 1.165) is 38.5 Å². The third-order valence-corrected chi connectivity index (χ3v) is 11.6. The molecule has 0 amide bonds. The summed E-state index contributed by atoms with van der Waals surface area (Å²) in [6, 6.07) is 77.2. The van der Waals surface area contributed by atoms with E-state index < -0.39 is 0 Å². The number of furan rings is 1. The van der Waals surface area contributed by atoms with Crippen molar-refractivity contribution in [3.05, 3.63) is 229 Å². The van der Waals surface area contributed by atoms with Gasteiger partial charge in [-0.1, -0.05) is 206 Å². The normalized spacial score (nSPS) is 12.2. The topological polar surface area (TPSA) is 13.1 Å². The van der Waals surface area contributed by atoms with Crippen LogP contribution in [0.2, 0.25) is 0 Å². The molecule has 10 aromatic carbocycles. The second-order valence-corrected chi connectivity index (χ2v) is 14.8. The molecule has 0 aliphatic heterocycles. The molecule has 0 N–H and O–H groups in total. The Hall–Kier alpha value is -7.22. The van der Waals surface area contributed by atoms with Crippen LogP contribution in [0.3, 0.4) is 0 Å².